The van der Waals surface area contributed by atoms with Crippen LogP contribution in [-0.4, -0.2) is 41.5 Å². The molecule has 3 unspecified atom stereocenters. The summed E-state index contributed by atoms with van der Waals surface area (Å²) in [6, 6.07) is 15.6. The molecule has 0 bridgehead atoms. The summed E-state index contributed by atoms with van der Waals surface area (Å²) in [7, 11) is 0. The molecule has 0 aliphatic carbocycles. The lowest BCUT2D eigenvalue weighted by Gasteiger charge is -2.36. The van der Waals surface area contributed by atoms with Gasteiger partial charge in [0.25, 0.3) is 0 Å². The number of benzene rings is 2. The molecule has 2 aliphatic heterocycles. The van der Waals surface area contributed by atoms with E-state index in [-0.39, 0.29) is 29.8 Å². The largest absolute Gasteiger partial charge is 0.492 e. The highest BCUT2D eigenvalue weighted by molar-refractivity contribution is 8.14. The number of carbonyl (C=O) groups excluding carboxylic acids is 1. The standard InChI is InChI=1S/C24H30N6O2S/c1-4-16-10-12-17(13-11-16)26-20(31)14-33-24-27-23-21(15(3)28-29-23)22(25)30(24)18-8-6-7-9-19(18)32-5-2/h6-13,15,21,23,25,28-29H,4-5,14H2,1-3H3,(H,26,31). The number of hydrazine groups is 1. The van der Waals surface area contributed by atoms with Gasteiger partial charge in [-0.05, 0) is 50.1 Å². The number of ether oxygens (including phenoxy) is 1. The summed E-state index contributed by atoms with van der Waals surface area (Å²) in [5.74, 6) is 1.03. The van der Waals surface area contributed by atoms with E-state index in [1.165, 1.54) is 17.3 Å². The quantitative estimate of drug-likeness (QED) is 0.497. The van der Waals surface area contributed by atoms with Gasteiger partial charge in [-0.3, -0.25) is 20.5 Å². The van der Waals surface area contributed by atoms with E-state index in [1.807, 2.05) is 67.3 Å². The second-order valence-corrected chi connectivity index (χ2v) is 8.91. The third-order valence-electron chi connectivity index (χ3n) is 5.72. The van der Waals surface area contributed by atoms with Crippen molar-refractivity contribution in [2.45, 2.75) is 39.4 Å². The van der Waals surface area contributed by atoms with Crippen LogP contribution in [0.1, 0.15) is 26.3 Å². The fourth-order valence-corrected chi connectivity index (χ4v) is 4.85. The van der Waals surface area contributed by atoms with E-state index >= 15 is 0 Å². The lowest BCUT2D eigenvalue weighted by molar-refractivity contribution is -0.113. The highest BCUT2D eigenvalue weighted by atomic mass is 32.2. The van der Waals surface area contributed by atoms with E-state index in [0.29, 0.717) is 23.4 Å². The van der Waals surface area contributed by atoms with Crippen molar-refractivity contribution in [3.63, 3.8) is 0 Å². The number of amidine groups is 2. The molecule has 174 valence electrons. The second kappa shape index (κ2) is 10.4. The first-order chi connectivity index (χ1) is 16.0. The number of hydrogen-bond donors (Lipinski definition) is 4. The molecule has 33 heavy (non-hydrogen) atoms. The lowest BCUT2D eigenvalue weighted by Crippen LogP contribution is -2.50. The van der Waals surface area contributed by atoms with Gasteiger partial charge in [0, 0.05) is 11.7 Å². The zero-order valence-electron chi connectivity index (χ0n) is 19.1. The smallest absolute Gasteiger partial charge is 0.234 e. The van der Waals surface area contributed by atoms with Gasteiger partial charge in [-0.25, -0.2) is 10.4 Å². The van der Waals surface area contributed by atoms with Gasteiger partial charge in [-0.1, -0.05) is 43.0 Å². The normalized spacial score (nSPS) is 22.0. The SMILES string of the molecule is CCOc1ccccc1N1C(=N)C2C(C)NNC2N=C1SCC(=O)Nc1ccc(CC)cc1. The second-order valence-electron chi connectivity index (χ2n) is 7.97. The number of nitrogens with zero attached hydrogens (tertiary/aromatic N) is 2. The maximum absolute atomic E-state index is 12.7. The molecule has 0 spiro atoms. The van der Waals surface area contributed by atoms with E-state index in [2.05, 4.69) is 23.1 Å². The van der Waals surface area contributed by atoms with Crippen molar-refractivity contribution >= 4 is 40.0 Å². The third-order valence-corrected chi connectivity index (χ3v) is 6.67. The van der Waals surface area contributed by atoms with Crippen LogP contribution in [0.25, 0.3) is 0 Å². The van der Waals surface area contributed by atoms with Gasteiger partial charge in [-0.15, -0.1) is 0 Å². The van der Waals surface area contributed by atoms with Gasteiger partial charge in [0.15, 0.2) is 5.17 Å². The van der Waals surface area contributed by atoms with Gasteiger partial charge >= 0.3 is 0 Å². The lowest BCUT2D eigenvalue weighted by atomic mass is 9.97. The highest BCUT2D eigenvalue weighted by Crippen LogP contribution is 2.36. The van der Waals surface area contributed by atoms with Crippen molar-refractivity contribution in [2.75, 3.05) is 22.6 Å². The van der Waals surface area contributed by atoms with Gasteiger partial charge in [0.05, 0.1) is 24.0 Å². The zero-order valence-corrected chi connectivity index (χ0v) is 19.9. The molecular formula is C24H30N6O2S. The molecule has 3 atom stereocenters. The van der Waals surface area contributed by atoms with Crippen molar-refractivity contribution in [1.82, 2.24) is 10.9 Å². The fourth-order valence-electron chi connectivity index (χ4n) is 4.00. The van der Waals surface area contributed by atoms with Crippen LogP contribution in [0.15, 0.2) is 53.5 Å². The summed E-state index contributed by atoms with van der Waals surface area (Å²) in [4.78, 5) is 19.3. The Morgan fingerprint density at radius 3 is 2.67 bits per heavy atom. The molecule has 2 aromatic rings. The Hall–Kier alpha value is -2.88. The molecule has 8 nitrogen and oxygen atoms in total. The summed E-state index contributed by atoms with van der Waals surface area (Å²) < 4.78 is 5.84. The molecule has 2 heterocycles. The minimum Gasteiger partial charge on any atom is -0.492 e. The Bertz CT molecular complexity index is 1040. The number of nitrogens with one attached hydrogen (secondary N) is 4. The number of aliphatic imine (C=N–C) groups is 1. The van der Waals surface area contributed by atoms with Crippen molar-refractivity contribution in [2.24, 2.45) is 10.9 Å². The summed E-state index contributed by atoms with van der Waals surface area (Å²) in [6.07, 6.45) is 0.702. The number of amides is 1. The number of hydrogen-bond acceptors (Lipinski definition) is 7. The van der Waals surface area contributed by atoms with Gasteiger partial charge in [-0.2, -0.15) is 0 Å². The zero-order chi connectivity index (χ0) is 23.4. The van der Waals surface area contributed by atoms with Gasteiger partial charge in [0.1, 0.15) is 17.8 Å². The average molecular weight is 467 g/mol. The Morgan fingerprint density at radius 1 is 1.18 bits per heavy atom. The van der Waals surface area contributed by atoms with Crippen LogP contribution in [0.3, 0.4) is 0 Å². The Morgan fingerprint density at radius 2 is 1.94 bits per heavy atom. The van der Waals surface area contributed by atoms with E-state index in [9.17, 15) is 4.79 Å². The van der Waals surface area contributed by atoms with Gasteiger partial charge in [0.2, 0.25) is 5.91 Å². The Labute approximate surface area is 198 Å². The molecule has 4 N–H and O–H groups in total. The van der Waals surface area contributed by atoms with E-state index < -0.39 is 0 Å². The maximum Gasteiger partial charge on any atom is 0.234 e. The van der Waals surface area contributed by atoms with Crippen LogP contribution in [0.5, 0.6) is 5.75 Å². The molecule has 9 heteroatoms. The highest BCUT2D eigenvalue weighted by Gasteiger charge is 2.44. The monoisotopic (exact) mass is 466 g/mol. The molecule has 4 rings (SSSR count). The first-order valence-corrected chi connectivity index (χ1v) is 12.2. The average Bonchev–Trinajstić information content (AvgIpc) is 3.20. The number of fused-ring (bicyclic) bond motifs is 1. The van der Waals surface area contributed by atoms with Crippen molar-refractivity contribution < 1.29 is 9.53 Å². The molecule has 2 aromatic carbocycles. The first-order valence-electron chi connectivity index (χ1n) is 11.2. The van der Waals surface area contributed by atoms with E-state index in [4.69, 9.17) is 15.1 Å². The topological polar surface area (TPSA) is 102 Å². The van der Waals surface area contributed by atoms with Crippen molar-refractivity contribution in [1.29, 1.82) is 5.41 Å². The fraction of sp³-hybridized carbons (Fsp3) is 0.375. The number of carbonyl (C=O) groups is 1. The molecule has 1 amide bonds. The van der Waals surface area contributed by atoms with Crippen LogP contribution in [0.2, 0.25) is 0 Å². The van der Waals surface area contributed by atoms with Crippen molar-refractivity contribution in [3.8, 4) is 5.75 Å². The third kappa shape index (κ3) is 5.05. The van der Waals surface area contributed by atoms with Crippen LogP contribution < -0.4 is 25.8 Å². The predicted molar refractivity (Wildman–Crippen MR) is 135 cm³/mol. The van der Waals surface area contributed by atoms with Gasteiger partial charge < -0.3 is 10.1 Å². The molecule has 1 saturated heterocycles. The molecule has 0 saturated carbocycles. The number of aryl methyl sites for hydroxylation is 1. The maximum atomic E-state index is 12.7. The minimum atomic E-state index is -0.254. The van der Waals surface area contributed by atoms with Crippen LogP contribution >= 0.6 is 11.8 Å². The minimum absolute atomic E-state index is 0.0500. The molecule has 0 aromatic heterocycles. The van der Waals surface area contributed by atoms with Crippen molar-refractivity contribution in [3.05, 3.63) is 54.1 Å². The number of rotatable bonds is 7. The van der Waals surface area contributed by atoms with Crippen LogP contribution in [-0.2, 0) is 11.2 Å². The van der Waals surface area contributed by atoms with E-state index in [0.717, 1.165) is 17.8 Å². The summed E-state index contributed by atoms with van der Waals surface area (Å²) >= 11 is 1.32. The summed E-state index contributed by atoms with van der Waals surface area (Å²) in [5, 5.41) is 12.5. The predicted octanol–water partition coefficient (Wildman–Crippen LogP) is 3.61. The molecular weight excluding hydrogens is 436 g/mol. The van der Waals surface area contributed by atoms with E-state index in [1.54, 1.807) is 0 Å². The first kappa shape index (κ1) is 23.3. The van der Waals surface area contributed by atoms with Crippen LogP contribution in [0.4, 0.5) is 11.4 Å². The number of thioether (sulfide) groups is 1. The summed E-state index contributed by atoms with van der Waals surface area (Å²) in [6.45, 7) is 6.58. The Kier molecular flexibility index (Phi) is 7.32. The molecule has 0 radical (unpaired) electrons. The van der Waals surface area contributed by atoms with Crippen LogP contribution in [0, 0.1) is 11.3 Å². The summed E-state index contributed by atoms with van der Waals surface area (Å²) in [5.41, 5.74) is 9.10. The molecule has 2 aliphatic rings. The Balaban J connectivity index is 1.55. The number of anilines is 2. The number of para-hydroxylation sites is 2. The molecule has 1 fully saturated rings.